The normalized spacial score (nSPS) is 20.8. The Hall–Kier alpha value is -2.68. The molecule has 4 rings (SSSR count). The highest BCUT2D eigenvalue weighted by Crippen LogP contribution is 2.38. The van der Waals surface area contributed by atoms with E-state index in [0.717, 1.165) is 49.2 Å². The Morgan fingerprint density at radius 3 is 2.58 bits per heavy atom. The monoisotopic (exact) mass is 514 g/mol. The van der Waals surface area contributed by atoms with Gasteiger partial charge in [0, 0.05) is 67.7 Å². The van der Waals surface area contributed by atoms with Crippen LogP contribution in [0.3, 0.4) is 0 Å². The van der Waals surface area contributed by atoms with Crippen LogP contribution in [0, 0.1) is 16.0 Å². The van der Waals surface area contributed by atoms with Gasteiger partial charge in [-0.1, -0.05) is 23.7 Å². The summed E-state index contributed by atoms with van der Waals surface area (Å²) in [6, 6.07) is 12.8. The molecule has 0 spiro atoms. The number of carbonyl (C=O) groups excluding carboxylic acids is 1. The van der Waals surface area contributed by atoms with Crippen LogP contribution in [0.15, 0.2) is 42.5 Å². The van der Waals surface area contributed by atoms with Crippen molar-refractivity contribution >= 4 is 28.9 Å². The summed E-state index contributed by atoms with van der Waals surface area (Å²) in [7, 11) is 0. The summed E-state index contributed by atoms with van der Waals surface area (Å²) in [5, 5.41) is 12.4. The lowest BCUT2D eigenvalue weighted by Crippen LogP contribution is -2.45. The summed E-state index contributed by atoms with van der Waals surface area (Å²) in [6.07, 6.45) is 2.23. The highest BCUT2D eigenvalue weighted by molar-refractivity contribution is 6.30. The van der Waals surface area contributed by atoms with E-state index < -0.39 is 6.23 Å². The number of hydrogen-bond acceptors (Lipinski definition) is 6. The maximum Gasteiger partial charge on any atom is 0.270 e. The smallest absolute Gasteiger partial charge is 0.270 e. The molecule has 2 unspecified atom stereocenters. The highest BCUT2D eigenvalue weighted by atomic mass is 35.5. The number of hydrogen-bond donors (Lipinski definition) is 0. The van der Waals surface area contributed by atoms with E-state index in [4.69, 9.17) is 16.3 Å². The van der Waals surface area contributed by atoms with E-state index in [1.54, 1.807) is 12.1 Å². The summed E-state index contributed by atoms with van der Waals surface area (Å²) in [5.41, 5.74) is 2.84. The molecule has 2 aromatic rings. The maximum atomic E-state index is 13.1. The fraction of sp³-hybridized carbons (Fsp3) is 0.519. The number of halogens is 1. The van der Waals surface area contributed by atoms with Crippen LogP contribution < -0.4 is 4.90 Å². The van der Waals surface area contributed by atoms with Crippen LogP contribution in [0.2, 0.25) is 5.02 Å². The van der Waals surface area contributed by atoms with Crippen molar-refractivity contribution in [3.05, 3.63) is 68.7 Å². The summed E-state index contributed by atoms with van der Waals surface area (Å²) in [6.45, 7) is 8.87. The van der Waals surface area contributed by atoms with Crippen LogP contribution >= 0.6 is 11.6 Å². The molecule has 194 valence electrons. The molecule has 2 heterocycles. The van der Waals surface area contributed by atoms with Gasteiger partial charge in [-0.15, -0.1) is 0 Å². The number of nitrogens with zero attached hydrogens (tertiary/aromatic N) is 4. The van der Waals surface area contributed by atoms with Crippen LogP contribution in [-0.2, 0) is 16.1 Å². The van der Waals surface area contributed by atoms with Crippen LogP contribution in [0.1, 0.15) is 50.5 Å². The lowest BCUT2D eigenvalue weighted by Gasteiger charge is -2.40. The predicted molar refractivity (Wildman–Crippen MR) is 141 cm³/mol. The molecular formula is C27H35ClN4O4. The van der Waals surface area contributed by atoms with E-state index in [9.17, 15) is 14.9 Å². The minimum atomic E-state index is -0.414. The molecule has 9 heteroatoms. The van der Waals surface area contributed by atoms with E-state index >= 15 is 0 Å². The topological polar surface area (TPSA) is 79.2 Å². The molecular weight excluding hydrogens is 480 g/mol. The number of amides is 1. The molecule has 36 heavy (non-hydrogen) atoms. The second-order valence-electron chi connectivity index (χ2n) is 9.47. The first kappa shape index (κ1) is 26.4. The summed E-state index contributed by atoms with van der Waals surface area (Å²) < 4.78 is 6.26. The van der Waals surface area contributed by atoms with Gasteiger partial charge in [-0.25, -0.2) is 0 Å². The van der Waals surface area contributed by atoms with E-state index in [0.29, 0.717) is 37.8 Å². The third kappa shape index (κ3) is 5.99. The zero-order valence-electron chi connectivity index (χ0n) is 21.1. The molecule has 2 atom stereocenters. The van der Waals surface area contributed by atoms with Gasteiger partial charge < -0.3 is 14.5 Å². The highest BCUT2D eigenvalue weighted by Gasteiger charge is 2.33. The quantitative estimate of drug-likeness (QED) is 0.353. The van der Waals surface area contributed by atoms with Crippen molar-refractivity contribution in [3.8, 4) is 0 Å². The summed E-state index contributed by atoms with van der Waals surface area (Å²) >= 11 is 6.07. The van der Waals surface area contributed by atoms with Gasteiger partial charge in [0.25, 0.3) is 5.69 Å². The van der Waals surface area contributed by atoms with Gasteiger partial charge in [-0.3, -0.25) is 19.8 Å². The van der Waals surface area contributed by atoms with Crippen LogP contribution in [0.5, 0.6) is 0 Å². The Kier molecular flexibility index (Phi) is 8.82. The first-order valence-electron chi connectivity index (χ1n) is 12.8. The van der Waals surface area contributed by atoms with E-state index in [2.05, 4.69) is 9.80 Å². The molecule has 2 aliphatic heterocycles. The Balaban J connectivity index is 1.65. The number of nitro groups is 1. The van der Waals surface area contributed by atoms with Gasteiger partial charge >= 0.3 is 0 Å². The van der Waals surface area contributed by atoms with Crippen LogP contribution in [0.25, 0.3) is 0 Å². The SMILES string of the molecule is CCN(CC)C(=O)C1CCCN(c2ccc([N+](=O)[O-])cc2C2OCCCN2Cc2ccc(Cl)cc2)C1. The number of benzene rings is 2. The van der Waals surface area contributed by atoms with E-state index in [-0.39, 0.29) is 22.4 Å². The van der Waals surface area contributed by atoms with E-state index in [1.165, 1.54) is 0 Å². The lowest BCUT2D eigenvalue weighted by atomic mass is 9.94. The second-order valence-corrected chi connectivity index (χ2v) is 9.91. The average Bonchev–Trinajstić information content (AvgIpc) is 2.90. The molecule has 0 aromatic heterocycles. The Morgan fingerprint density at radius 2 is 1.89 bits per heavy atom. The number of nitro benzene ring substituents is 1. The number of carbonyl (C=O) groups is 1. The minimum absolute atomic E-state index is 0.0437. The lowest BCUT2D eigenvalue weighted by molar-refractivity contribution is -0.385. The first-order chi connectivity index (χ1) is 17.4. The van der Waals surface area contributed by atoms with Crippen molar-refractivity contribution in [1.29, 1.82) is 0 Å². The number of rotatable bonds is 8. The minimum Gasteiger partial charge on any atom is -0.370 e. The molecule has 2 aliphatic rings. The molecule has 0 saturated carbocycles. The van der Waals surface area contributed by atoms with E-state index in [1.807, 2.05) is 49.1 Å². The summed E-state index contributed by atoms with van der Waals surface area (Å²) in [4.78, 5) is 30.8. The fourth-order valence-corrected chi connectivity index (χ4v) is 5.42. The third-order valence-electron chi connectivity index (χ3n) is 7.17. The Morgan fingerprint density at radius 1 is 1.14 bits per heavy atom. The van der Waals surface area contributed by atoms with Gasteiger partial charge in [0.15, 0.2) is 0 Å². The number of piperidine rings is 1. The molecule has 2 aromatic carbocycles. The molecule has 0 N–H and O–H groups in total. The molecule has 0 aliphatic carbocycles. The maximum absolute atomic E-state index is 13.1. The van der Waals surface area contributed by atoms with Crippen molar-refractivity contribution in [3.63, 3.8) is 0 Å². The molecule has 0 radical (unpaired) electrons. The summed E-state index contributed by atoms with van der Waals surface area (Å²) in [5.74, 6) is 0.102. The molecule has 0 bridgehead atoms. The van der Waals surface area contributed by atoms with Gasteiger partial charge in [-0.05, 0) is 56.9 Å². The zero-order chi connectivity index (χ0) is 25.7. The largest absolute Gasteiger partial charge is 0.370 e. The zero-order valence-corrected chi connectivity index (χ0v) is 21.8. The van der Waals surface area contributed by atoms with Crippen molar-refractivity contribution in [2.24, 2.45) is 5.92 Å². The molecule has 2 saturated heterocycles. The standard InChI is InChI=1S/C27H35ClN4O4/c1-3-29(4-2)26(33)21-7-5-14-30(19-21)25-13-12-23(32(34)35)17-24(25)27-31(15-6-16-36-27)18-20-8-10-22(28)11-9-20/h8-13,17,21,27H,3-7,14-16,18-19H2,1-2H3. The van der Waals surface area contributed by atoms with Gasteiger partial charge in [-0.2, -0.15) is 0 Å². The molecule has 1 amide bonds. The third-order valence-corrected chi connectivity index (χ3v) is 7.42. The molecule has 8 nitrogen and oxygen atoms in total. The fourth-order valence-electron chi connectivity index (χ4n) is 5.29. The van der Waals surface area contributed by atoms with Crippen molar-refractivity contribution in [2.75, 3.05) is 44.2 Å². The number of anilines is 1. The van der Waals surface area contributed by atoms with Crippen molar-refractivity contribution < 1.29 is 14.5 Å². The van der Waals surface area contributed by atoms with Gasteiger partial charge in [0.1, 0.15) is 6.23 Å². The number of ether oxygens (including phenoxy) is 1. The average molecular weight is 515 g/mol. The van der Waals surface area contributed by atoms with Crippen LogP contribution in [0.4, 0.5) is 11.4 Å². The van der Waals surface area contributed by atoms with Gasteiger partial charge in [0.2, 0.25) is 5.91 Å². The Labute approximate surface area is 217 Å². The van der Waals surface area contributed by atoms with Crippen LogP contribution in [-0.4, -0.2) is 60.0 Å². The van der Waals surface area contributed by atoms with Gasteiger partial charge in [0.05, 0.1) is 17.4 Å². The molecule has 2 fully saturated rings. The first-order valence-corrected chi connectivity index (χ1v) is 13.2. The number of non-ortho nitro benzene ring substituents is 1. The second kappa shape index (κ2) is 12.0. The van der Waals surface area contributed by atoms with Crippen molar-refractivity contribution in [1.82, 2.24) is 9.80 Å². The Bertz CT molecular complexity index is 1060. The van der Waals surface area contributed by atoms with Crippen molar-refractivity contribution in [2.45, 2.75) is 45.9 Å². The predicted octanol–water partition coefficient (Wildman–Crippen LogP) is 5.25.